The maximum absolute atomic E-state index is 12.2. The predicted molar refractivity (Wildman–Crippen MR) is 75.6 cm³/mol. The number of nitriles is 1. The summed E-state index contributed by atoms with van der Waals surface area (Å²) in [7, 11) is 0. The highest BCUT2D eigenvalue weighted by Gasteiger charge is 2.47. The van der Waals surface area contributed by atoms with Gasteiger partial charge in [-0.2, -0.15) is 17.0 Å². The molecule has 0 spiro atoms. The molecule has 0 aromatic carbocycles. The third-order valence-electron chi connectivity index (χ3n) is 4.47. The van der Waals surface area contributed by atoms with Gasteiger partial charge < -0.3 is 10.4 Å². The van der Waals surface area contributed by atoms with Crippen molar-refractivity contribution in [3.8, 4) is 6.07 Å². The number of aliphatic hydroxyl groups is 1. The highest BCUT2D eigenvalue weighted by molar-refractivity contribution is 8.00. The number of nitrogens with one attached hydrogen (secondary N) is 1. The van der Waals surface area contributed by atoms with Crippen LogP contribution in [0.4, 0.5) is 0 Å². The summed E-state index contributed by atoms with van der Waals surface area (Å²) in [6.07, 6.45) is 4.94. The molecule has 2 aliphatic carbocycles. The van der Waals surface area contributed by atoms with Crippen molar-refractivity contribution in [1.82, 2.24) is 5.32 Å². The van der Waals surface area contributed by atoms with Crippen molar-refractivity contribution in [2.75, 3.05) is 12.3 Å². The van der Waals surface area contributed by atoms with Gasteiger partial charge in [0.05, 0.1) is 11.7 Å². The van der Waals surface area contributed by atoms with Gasteiger partial charge in [-0.1, -0.05) is 19.8 Å². The van der Waals surface area contributed by atoms with Gasteiger partial charge >= 0.3 is 0 Å². The standard InChI is InChI=1S/C14H22N2O2S/c1-2-19-11-5-8-14(11,18)10-16-12(17)13(9-15)6-3-4-7-13/h11,18H,2-8,10H2,1H3,(H,16,17)/t11-,14+/m0/s1. The number of hydrogen-bond acceptors (Lipinski definition) is 4. The van der Waals surface area contributed by atoms with E-state index in [0.29, 0.717) is 12.8 Å². The van der Waals surface area contributed by atoms with E-state index in [1.807, 2.05) is 0 Å². The summed E-state index contributed by atoms with van der Waals surface area (Å²) in [5, 5.41) is 22.7. The molecule has 106 valence electrons. The largest absolute Gasteiger partial charge is 0.387 e. The van der Waals surface area contributed by atoms with Crippen LogP contribution in [0.5, 0.6) is 0 Å². The summed E-state index contributed by atoms with van der Waals surface area (Å²) in [5.41, 5.74) is -1.61. The van der Waals surface area contributed by atoms with Crippen molar-refractivity contribution >= 4 is 17.7 Å². The summed E-state index contributed by atoms with van der Waals surface area (Å²) in [6, 6.07) is 2.19. The fourth-order valence-corrected chi connectivity index (χ4v) is 4.21. The molecule has 0 unspecified atom stereocenters. The molecule has 19 heavy (non-hydrogen) atoms. The van der Waals surface area contributed by atoms with Crippen LogP contribution in [0.15, 0.2) is 0 Å². The zero-order valence-electron chi connectivity index (χ0n) is 11.4. The SMILES string of the molecule is CCS[C@H]1CC[C@@]1(O)CNC(=O)C1(C#N)CCCC1. The van der Waals surface area contributed by atoms with E-state index in [4.69, 9.17) is 0 Å². The summed E-state index contributed by atoms with van der Waals surface area (Å²) < 4.78 is 0. The van der Waals surface area contributed by atoms with Crippen LogP contribution in [0.2, 0.25) is 0 Å². The Hall–Kier alpha value is -0.730. The van der Waals surface area contributed by atoms with Gasteiger partial charge in [0.2, 0.25) is 5.91 Å². The molecule has 2 rings (SSSR count). The predicted octanol–water partition coefficient (Wildman–Crippen LogP) is 1.83. The number of carbonyl (C=O) groups is 1. The van der Waals surface area contributed by atoms with E-state index in [0.717, 1.165) is 31.4 Å². The summed E-state index contributed by atoms with van der Waals surface area (Å²) >= 11 is 1.75. The fraction of sp³-hybridized carbons (Fsp3) is 0.857. The quantitative estimate of drug-likeness (QED) is 0.807. The van der Waals surface area contributed by atoms with Gasteiger partial charge in [0.1, 0.15) is 5.41 Å². The molecule has 0 radical (unpaired) electrons. The zero-order chi connectivity index (χ0) is 13.9. The molecule has 0 saturated heterocycles. The van der Waals surface area contributed by atoms with Crippen LogP contribution in [-0.4, -0.2) is 34.2 Å². The first-order valence-corrected chi connectivity index (χ1v) is 8.15. The normalized spacial score (nSPS) is 32.4. The Bertz CT molecular complexity index is 387. The Kier molecular flexibility index (Phi) is 4.42. The Labute approximate surface area is 118 Å². The molecular weight excluding hydrogens is 260 g/mol. The first kappa shape index (κ1) is 14.7. The van der Waals surface area contributed by atoms with Crippen LogP contribution in [0, 0.1) is 16.7 Å². The number of amides is 1. The minimum atomic E-state index is -0.840. The van der Waals surface area contributed by atoms with Gasteiger partial charge in [-0.3, -0.25) is 4.79 Å². The van der Waals surface area contributed by atoms with Crippen molar-refractivity contribution in [1.29, 1.82) is 5.26 Å². The lowest BCUT2D eigenvalue weighted by Gasteiger charge is -2.45. The van der Waals surface area contributed by atoms with E-state index in [2.05, 4.69) is 18.3 Å². The second-order valence-corrected chi connectivity index (χ2v) is 7.15. The van der Waals surface area contributed by atoms with E-state index in [-0.39, 0.29) is 17.7 Å². The van der Waals surface area contributed by atoms with E-state index >= 15 is 0 Å². The van der Waals surface area contributed by atoms with Gasteiger partial charge in [0.25, 0.3) is 0 Å². The van der Waals surface area contributed by atoms with Gasteiger partial charge in [0, 0.05) is 11.8 Å². The molecule has 5 heteroatoms. The third-order valence-corrected chi connectivity index (χ3v) is 5.88. The molecule has 2 aliphatic rings. The van der Waals surface area contributed by atoms with E-state index < -0.39 is 11.0 Å². The zero-order valence-corrected chi connectivity index (χ0v) is 12.3. The second kappa shape index (κ2) is 5.72. The summed E-state index contributed by atoms with van der Waals surface area (Å²) in [6.45, 7) is 2.36. The molecule has 2 N–H and O–H groups in total. The first-order chi connectivity index (χ1) is 9.06. The average Bonchev–Trinajstić information content (AvgIpc) is 2.90. The molecule has 0 aromatic heterocycles. The van der Waals surface area contributed by atoms with Crippen molar-refractivity contribution in [2.24, 2.45) is 5.41 Å². The molecule has 4 nitrogen and oxygen atoms in total. The summed E-state index contributed by atoms with van der Waals surface area (Å²) in [5.74, 6) is 0.788. The fourth-order valence-electron chi connectivity index (χ4n) is 3.01. The Balaban J connectivity index is 1.88. The van der Waals surface area contributed by atoms with Gasteiger partial charge in [-0.25, -0.2) is 0 Å². The van der Waals surface area contributed by atoms with Gasteiger partial charge in [-0.05, 0) is 31.4 Å². The molecule has 0 aromatic rings. The lowest BCUT2D eigenvalue weighted by Crippen LogP contribution is -2.58. The molecule has 2 atom stereocenters. The van der Waals surface area contributed by atoms with Crippen molar-refractivity contribution in [3.05, 3.63) is 0 Å². The van der Waals surface area contributed by atoms with Crippen molar-refractivity contribution in [2.45, 2.75) is 56.3 Å². The van der Waals surface area contributed by atoms with Crippen molar-refractivity contribution in [3.63, 3.8) is 0 Å². The average molecular weight is 282 g/mol. The number of rotatable bonds is 5. The highest BCUT2D eigenvalue weighted by atomic mass is 32.2. The molecular formula is C14H22N2O2S. The van der Waals surface area contributed by atoms with Crippen LogP contribution in [0.1, 0.15) is 45.4 Å². The minimum Gasteiger partial charge on any atom is -0.387 e. The van der Waals surface area contributed by atoms with Crippen molar-refractivity contribution < 1.29 is 9.90 Å². The smallest absolute Gasteiger partial charge is 0.240 e. The number of hydrogen-bond donors (Lipinski definition) is 2. The lowest BCUT2D eigenvalue weighted by molar-refractivity contribution is -0.130. The van der Waals surface area contributed by atoms with Crippen LogP contribution < -0.4 is 5.32 Å². The molecule has 0 heterocycles. The topological polar surface area (TPSA) is 73.1 Å². The molecule has 0 aliphatic heterocycles. The second-order valence-electron chi connectivity index (χ2n) is 5.67. The van der Waals surface area contributed by atoms with Gasteiger partial charge in [-0.15, -0.1) is 0 Å². The number of thioether (sulfide) groups is 1. The molecule has 0 bridgehead atoms. The van der Waals surface area contributed by atoms with Crippen LogP contribution in [0.25, 0.3) is 0 Å². The lowest BCUT2D eigenvalue weighted by atomic mass is 9.79. The molecule has 1 amide bonds. The Morgan fingerprint density at radius 3 is 2.63 bits per heavy atom. The van der Waals surface area contributed by atoms with Crippen LogP contribution in [-0.2, 0) is 4.79 Å². The first-order valence-electron chi connectivity index (χ1n) is 7.10. The van der Waals surface area contributed by atoms with Crippen LogP contribution >= 0.6 is 11.8 Å². The maximum Gasteiger partial charge on any atom is 0.240 e. The van der Waals surface area contributed by atoms with Gasteiger partial charge in [0.15, 0.2) is 0 Å². The Morgan fingerprint density at radius 2 is 2.16 bits per heavy atom. The van der Waals surface area contributed by atoms with Crippen LogP contribution in [0.3, 0.4) is 0 Å². The maximum atomic E-state index is 12.2. The highest BCUT2D eigenvalue weighted by Crippen LogP contribution is 2.41. The van der Waals surface area contributed by atoms with E-state index in [1.54, 1.807) is 11.8 Å². The van der Waals surface area contributed by atoms with E-state index in [9.17, 15) is 15.2 Å². The molecule has 2 saturated carbocycles. The number of nitrogens with zero attached hydrogens (tertiary/aromatic N) is 1. The Morgan fingerprint density at radius 1 is 1.47 bits per heavy atom. The minimum absolute atomic E-state index is 0.187. The monoisotopic (exact) mass is 282 g/mol. The molecule has 2 fully saturated rings. The summed E-state index contributed by atoms with van der Waals surface area (Å²) in [4.78, 5) is 12.2. The third kappa shape index (κ3) is 2.75. The van der Waals surface area contributed by atoms with E-state index in [1.165, 1.54) is 0 Å². The number of carbonyl (C=O) groups excluding carboxylic acids is 1.